The standard InChI is InChI=1S/C37H24BN3O/c1-21-9-7-10-22(2)35(21)38-26-18-17-23-11-8-15-30-34(23)36(26)41(37-39-28-13-4-5-14-29(28)40(30)37)31-19-25-24-12-3-6-16-32(24)42-33(25)20-27(31)38/h3-20H,1-2H3. The number of rotatable bonds is 1. The number of furan rings is 1. The van der Waals surface area contributed by atoms with Crippen molar-refractivity contribution in [2.45, 2.75) is 13.8 Å². The Hall–Kier alpha value is -5.29. The second-order valence-corrected chi connectivity index (χ2v) is 11.7. The number of hydrogen-bond acceptors (Lipinski definition) is 2. The highest BCUT2D eigenvalue weighted by molar-refractivity contribution is 6.98. The molecule has 0 fully saturated rings. The maximum absolute atomic E-state index is 6.48. The van der Waals surface area contributed by atoms with Gasteiger partial charge in [-0.15, -0.1) is 0 Å². The van der Waals surface area contributed by atoms with Crippen molar-refractivity contribution in [3.8, 4) is 5.69 Å². The molecule has 0 radical (unpaired) electrons. The van der Waals surface area contributed by atoms with E-state index in [1.807, 2.05) is 6.07 Å². The van der Waals surface area contributed by atoms with Crippen LogP contribution in [0.15, 0.2) is 114 Å². The monoisotopic (exact) mass is 537 g/mol. The fourth-order valence-electron chi connectivity index (χ4n) is 7.71. The number of hydrogen-bond donors (Lipinski definition) is 0. The van der Waals surface area contributed by atoms with Crippen molar-refractivity contribution in [3.05, 3.63) is 120 Å². The van der Waals surface area contributed by atoms with E-state index in [9.17, 15) is 0 Å². The lowest BCUT2D eigenvalue weighted by molar-refractivity contribution is 0.669. The molecule has 0 N–H and O–H groups in total. The van der Waals surface area contributed by atoms with Crippen LogP contribution in [0.2, 0.25) is 0 Å². The molecule has 0 bridgehead atoms. The fraction of sp³-hybridized carbons (Fsp3) is 0.0541. The van der Waals surface area contributed by atoms with Gasteiger partial charge < -0.3 is 4.42 Å². The molecule has 0 saturated heterocycles. The van der Waals surface area contributed by atoms with Crippen molar-refractivity contribution in [2.24, 2.45) is 0 Å². The highest BCUT2D eigenvalue weighted by atomic mass is 16.3. The van der Waals surface area contributed by atoms with Crippen molar-refractivity contribution in [1.82, 2.24) is 14.0 Å². The number of benzene rings is 6. The van der Waals surface area contributed by atoms with Gasteiger partial charge in [0.15, 0.2) is 0 Å². The summed E-state index contributed by atoms with van der Waals surface area (Å²) in [4.78, 5) is 5.29. The van der Waals surface area contributed by atoms with Crippen LogP contribution in [-0.4, -0.2) is 20.7 Å². The van der Waals surface area contributed by atoms with E-state index >= 15 is 0 Å². The molecule has 5 heteroatoms. The maximum Gasteiger partial charge on any atom is 0.247 e. The molecule has 10 rings (SSSR count). The van der Waals surface area contributed by atoms with Gasteiger partial charge in [0.1, 0.15) is 11.2 Å². The Labute approximate surface area is 241 Å². The van der Waals surface area contributed by atoms with Gasteiger partial charge in [0.2, 0.25) is 12.5 Å². The van der Waals surface area contributed by atoms with E-state index in [0.717, 1.165) is 44.4 Å². The first-order chi connectivity index (χ1) is 20.7. The molecule has 42 heavy (non-hydrogen) atoms. The van der Waals surface area contributed by atoms with E-state index < -0.39 is 0 Å². The zero-order valence-corrected chi connectivity index (χ0v) is 23.2. The van der Waals surface area contributed by atoms with Gasteiger partial charge in [-0.2, -0.15) is 0 Å². The number of aromatic nitrogens is 3. The molecule has 9 aromatic rings. The summed E-state index contributed by atoms with van der Waals surface area (Å²) in [6, 6.07) is 39.4. The number of nitrogens with zero attached hydrogens (tertiary/aromatic N) is 3. The normalized spacial score (nSPS) is 13.0. The maximum atomic E-state index is 6.48. The number of fused-ring (bicyclic) bond motifs is 10. The second-order valence-electron chi connectivity index (χ2n) is 11.7. The van der Waals surface area contributed by atoms with Crippen molar-refractivity contribution in [1.29, 1.82) is 0 Å². The van der Waals surface area contributed by atoms with Crippen LogP contribution in [0.25, 0.3) is 66.2 Å². The highest BCUT2D eigenvalue weighted by Gasteiger charge is 2.36. The van der Waals surface area contributed by atoms with Crippen molar-refractivity contribution >= 4 is 83.7 Å². The molecule has 6 aromatic carbocycles. The van der Waals surface area contributed by atoms with Crippen LogP contribution in [0, 0.1) is 13.8 Å². The quantitative estimate of drug-likeness (QED) is 0.213. The number of imidazole rings is 1. The Bertz CT molecular complexity index is 2600. The summed E-state index contributed by atoms with van der Waals surface area (Å²) in [5, 5.41) is 4.76. The van der Waals surface area contributed by atoms with Gasteiger partial charge in [0, 0.05) is 21.8 Å². The molecule has 0 atom stereocenters. The summed E-state index contributed by atoms with van der Waals surface area (Å²) in [5.41, 5.74) is 14.0. The van der Waals surface area contributed by atoms with E-state index in [1.165, 1.54) is 49.3 Å². The van der Waals surface area contributed by atoms with Crippen LogP contribution >= 0.6 is 0 Å². The van der Waals surface area contributed by atoms with Gasteiger partial charge in [0.05, 0.1) is 22.1 Å². The Balaban J connectivity index is 1.50. The summed E-state index contributed by atoms with van der Waals surface area (Å²) in [6.45, 7) is 4.54. The Morgan fingerprint density at radius 2 is 1.45 bits per heavy atom. The van der Waals surface area contributed by atoms with Gasteiger partial charge in [-0.3, -0.25) is 8.97 Å². The fourth-order valence-corrected chi connectivity index (χ4v) is 7.71. The zero-order chi connectivity index (χ0) is 27.7. The molecule has 0 saturated carbocycles. The largest absolute Gasteiger partial charge is 0.456 e. The van der Waals surface area contributed by atoms with E-state index in [1.54, 1.807) is 0 Å². The minimum absolute atomic E-state index is 0.0541. The molecular formula is C37H24BN3O. The van der Waals surface area contributed by atoms with Crippen LogP contribution in [-0.2, 0) is 0 Å². The van der Waals surface area contributed by atoms with Gasteiger partial charge in [-0.25, -0.2) is 4.98 Å². The molecule has 196 valence electrons. The number of para-hydroxylation sites is 3. The van der Waals surface area contributed by atoms with Crippen LogP contribution in [0.1, 0.15) is 11.1 Å². The Morgan fingerprint density at radius 1 is 0.667 bits per heavy atom. The average molecular weight is 537 g/mol. The Kier molecular flexibility index (Phi) is 4.11. The molecule has 3 aromatic heterocycles. The summed E-state index contributed by atoms with van der Waals surface area (Å²) >= 11 is 0. The van der Waals surface area contributed by atoms with Crippen molar-refractivity contribution in [3.63, 3.8) is 0 Å². The minimum Gasteiger partial charge on any atom is -0.456 e. The molecule has 0 amide bonds. The Morgan fingerprint density at radius 3 is 2.36 bits per heavy atom. The summed E-state index contributed by atoms with van der Waals surface area (Å²) in [7, 11) is 0. The first kappa shape index (κ1) is 22.4. The average Bonchev–Trinajstić information content (AvgIpc) is 3.58. The zero-order valence-electron chi connectivity index (χ0n) is 23.2. The van der Waals surface area contributed by atoms with Crippen LogP contribution in [0.4, 0.5) is 0 Å². The molecule has 1 aliphatic rings. The molecule has 4 nitrogen and oxygen atoms in total. The third-order valence-electron chi connectivity index (χ3n) is 9.45. The van der Waals surface area contributed by atoms with E-state index in [4.69, 9.17) is 9.40 Å². The summed E-state index contributed by atoms with van der Waals surface area (Å²) < 4.78 is 11.2. The topological polar surface area (TPSA) is 35.4 Å². The first-order valence-electron chi connectivity index (χ1n) is 14.5. The van der Waals surface area contributed by atoms with Crippen LogP contribution < -0.4 is 16.4 Å². The van der Waals surface area contributed by atoms with Gasteiger partial charge >= 0.3 is 0 Å². The van der Waals surface area contributed by atoms with Crippen molar-refractivity contribution < 1.29 is 4.42 Å². The SMILES string of the molecule is Cc1cccc(C)c1B1c2cc3oc4ccccc4c3cc2-n2c3c1ccc1cccc(c13)n1c3ccccc3nc21. The third kappa shape index (κ3) is 2.66. The summed E-state index contributed by atoms with van der Waals surface area (Å²) in [5.74, 6) is 0.928. The smallest absolute Gasteiger partial charge is 0.247 e. The predicted molar refractivity (Wildman–Crippen MR) is 175 cm³/mol. The lowest BCUT2D eigenvalue weighted by Crippen LogP contribution is -2.57. The molecule has 0 unspecified atom stereocenters. The highest BCUT2D eigenvalue weighted by Crippen LogP contribution is 2.37. The number of aryl methyl sites for hydroxylation is 2. The molecular weight excluding hydrogens is 513 g/mol. The van der Waals surface area contributed by atoms with Gasteiger partial charge in [0.25, 0.3) is 0 Å². The van der Waals surface area contributed by atoms with Crippen LogP contribution in [0.3, 0.4) is 0 Å². The summed E-state index contributed by atoms with van der Waals surface area (Å²) in [6.07, 6.45) is 0. The van der Waals surface area contributed by atoms with E-state index in [-0.39, 0.29) is 6.71 Å². The molecule has 0 spiro atoms. The predicted octanol–water partition coefficient (Wildman–Crippen LogP) is 6.93. The minimum atomic E-state index is 0.0541. The molecule has 1 aliphatic heterocycles. The third-order valence-corrected chi connectivity index (χ3v) is 9.45. The van der Waals surface area contributed by atoms with Crippen molar-refractivity contribution in [2.75, 3.05) is 0 Å². The van der Waals surface area contributed by atoms with E-state index in [0.29, 0.717) is 0 Å². The molecule has 4 heterocycles. The van der Waals surface area contributed by atoms with Gasteiger partial charge in [-0.05, 0) is 66.6 Å². The second kappa shape index (κ2) is 7.71. The van der Waals surface area contributed by atoms with Crippen LogP contribution in [0.5, 0.6) is 0 Å². The lowest BCUT2D eigenvalue weighted by atomic mass is 9.34. The van der Waals surface area contributed by atoms with E-state index in [2.05, 4.69) is 126 Å². The van der Waals surface area contributed by atoms with Gasteiger partial charge in [-0.1, -0.05) is 89.4 Å². The molecule has 0 aliphatic carbocycles. The lowest BCUT2D eigenvalue weighted by Gasteiger charge is -2.31. The first-order valence-corrected chi connectivity index (χ1v) is 14.5.